The molecule has 0 aromatic heterocycles. The SMILES string of the molecule is C=CCc1ccccc1CC(N)=O. The number of hydrogen-bond acceptors (Lipinski definition) is 1. The summed E-state index contributed by atoms with van der Waals surface area (Å²) < 4.78 is 0. The molecule has 0 heterocycles. The number of nitrogens with two attached hydrogens (primary N) is 1. The predicted molar refractivity (Wildman–Crippen MR) is 53.2 cm³/mol. The summed E-state index contributed by atoms with van der Waals surface area (Å²) in [5.74, 6) is -0.295. The van der Waals surface area contributed by atoms with Crippen molar-refractivity contribution in [3.8, 4) is 0 Å². The Labute approximate surface area is 78.1 Å². The van der Waals surface area contributed by atoms with E-state index in [-0.39, 0.29) is 5.91 Å². The third-order valence-electron chi connectivity index (χ3n) is 1.85. The van der Waals surface area contributed by atoms with Gasteiger partial charge >= 0.3 is 0 Å². The molecule has 0 aliphatic heterocycles. The molecule has 2 heteroatoms. The molecule has 0 aliphatic carbocycles. The van der Waals surface area contributed by atoms with E-state index in [1.165, 1.54) is 0 Å². The largest absolute Gasteiger partial charge is 0.369 e. The maximum atomic E-state index is 10.7. The number of carbonyl (C=O) groups excluding carboxylic acids is 1. The summed E-state index contributed by atoms with van der Waals surface area (Å²) in [5, 5.41) is 0. The predicted octanol–water partition coefficient (Wildman–Crippen LogP) is 1.44. The highest BCUT2D eigenvalue weighted by molar-refractivity contribution is 5.77. The van der Waals surface area contributed by atoms with Crippen LogP contribution in [0.5, 0.6) is 0 Å². The van der Waals surface area contributed by atoms with E-state index < -0.39 is 0 Å². The molecule has 0 fully saturated rings. The number of carbonyl (C=O) groups is 1. The zero-order chi connectivity index (χ0) is 9.68. The summed E-state index contributed by atoms with van der Waals surface area (Å²) >= 11 is 0. The quantitative estimate of drug-likeness (QED) is 0.691. The number of primary amides is 1. The number of benzene rings is 1. The van der Waals surface area contributed by atoms with E-state index in [1.54, 1.807) is 0 Å². The van der Waals surface area contributed by atoms with Crippen LogP contribution in [-0.4, -0.2) is 5.91 Å². The van der Waals surface area contributed by atoms with Crippen molar-refractivity contribution in [2.24, 2.45) is 5.73 Å². The van der Waals surface area contributed by atoms with Crippen LogP contribution in [0.25, 0.3) is 0 Å². The van der Waals surface area contributed by atoms with Gasteiger partial charge in [-0.05, 0) is 17.5 Å². The maximum absolute atomic E-state index is 10.7. The summed E-state index contributed by atoms with van der Waals surface area (Å²) in [5.41, 5.74) is 7.24. The van der Waals surface area contributed by atoms with Gasteiger partial charge < -0.3 is 5.73 Å². The van der Waals surface area contributed by atoms with Gasteiger partial charge in [0.2, 0.25) is 5.91 Å². The van der Waals surface area contributed by atoms with Crippen molar-refractivity contribution in [3.63, 3.8) is 0 Å². The topological polar surface area (TPSA) is 43.1 Å². The molecule has 1 aromatic carbocycles. The number of allylic oxidation sites excluding steroid dienone is 1. The van der Waals surface area contributed by atoms with Crippen LogP contribution in [0.2, 0.25) is 0 Å². The molecule has 1 rings (SSSR count). The van der Waals surface area contributed by atoms with Crippen LogP contribution in [-0.2, 0) is 17.6 Å². The van der Waals surface area contributed by atoms with Crippen molar-refractivity contribution in [3.05, 3.63) is 48.0 Å². The average molecular weight is 175 g/mol. The van der Waals surface area contributed by atoms with Crippen LogP contribution in [0.15, 0.2) is 36.9 Å². The van der Waals surface area contributed by atoms with Crippen molar-refractivity contribution in [1.82, 2.24) is 0 Å². The van der Waals surface area contributed by atoms with Crippen LogP contribution < -0.4 is 5.73 Å². The Morgan fingerprint density at radius 3 is 2.54 bits per heavy atom. The van der Waals surface area contributed by atoms with Crippen molar-refractivity contribution < 1.29 is 4.79 Å². The molecule has 0 bridgehead atoms. The molecule has 13 heavy (non-hydrogen) atoms. The van der Waals surface area contributed by atoms with Gasteiger partial charge in [0.05, 0.1) is 6.42 Å². The van der Waals surface area contributed by atoms with Gasteiger partial charge in [0.25, 0.3) is 0 Å². The fraction of sp³-hybridized carbons (Fsp3) is 0.182. The smallest absolute Gasteiger partial charge is 0.221 e. The summed E-state index contributed by atoms with van der Waals surface area (Å²) in [6, 6.07) is 7.76. The highest BCUT2D eigenvalue weighted by atomic mass is 16.1. The lowest BCUT2D eigenvalue weighted by molar-refractivity contribution is -0.117. The van der Waals surface area contributed by atoms with E-state index in [2.05, 4.69) is 6.58 Å². The van der Waals surface area contributed by atoms with Gasteiger partial charge in [-0.1, -0.05) is 30.3 Å². The highest BCUT2D eigenvalue weighted by Crippen LogP contribution is 2.10. The number of rotatable bonds is 4. The molecule has 68 valence electrons. The molecular weight excluding hydrogens is 162 g/mol. The van der Waals surface area contributed by atoms with E-state index in [0.29, 0.717) is 6.42 Å². The fourth-order valence-electron chi connectivity index (χ4n) is 1.27. The average Bonchev–Trinajstić information content (AvgIpc) is 2.08. The van der Waals surface area contributed by atoms with Gasteiger partial charge in [0.1, 0.15) is 0 Å². The van der Waals surface area contributed by atoms with Crippen molar-refractivity contribution in [1.29, 1.82) is 0 Å². The van der Waals surface area contributed by atoms with Crippen molar-refractivity contribution in [2.45, 2.75) is 12.8 Å². The second kappa shape index (κ2) is 4.45. The van der Waals surface area contributed by atoms with Gasteiger partial charge in [-0.2, -0.15) is 0 Å². The first kappa shape index (κ1) is 9.52. The van der Waals surface area contributed by atoms with Gasteiger partial charge in [0, 0.05) is 0 Å². The second-order valence-corrected chi connectivity index (χ2v) is 2.90. The molecular formula is C11H13NO. The first-order valence-corrected chi connectivity index (χ1v) is 4.20. The van der Waals surface area contributed by atoms with Gasteiger partial charge in [-0.25, -0.2) is 0 Å². The molecule has 0 spiro atoms. The lowest BCUT2D eigenvalue weighted by atomic mass is 10.0. The minimum absolute atomic E-state index is 0.295. The molecule has 0 atom stereocenters. The minimum Gasteiger partial charge on any atom is -0.369 e. The molecule has 2 N–H and O–H groups in total. The lowest BCUT2D eigenvalue weighted by Gasteiger charge is -2.04. The molecule has 0 saturated heterocycles. The van der Waals surface area contributed by atoms with Crippen LogP contribution in [0.1, 0.15) is 11.1 Å². The third kappa shape index (κ3) is 2.75. The van der Waals surface area contributed by atoms with E-state index in [0.717, 1.165) is 17.5 Å². The first-order valence-electron chi connectivity index (χ1n) is 4.20. The lowest BCUT2D eigenvalue weighted by Crippen LogP contribution is -2.14. The van der Waals surface area contributed by atoms with Crippen molar-refractivity contribution >= 4 is 5.91 Å². The van der Waals surface area contributed by atoms with E-state index in [9.17, 15) is 4.79 Å². The maximum Gasteiger partial charge on any atom is 0.221 e. The zero-order valence-corrected chi connectivity index (χ0v) is 7.49. The Kier molecular flexibility index (Phi) is 3.26. The van der Waals surface area contributed by atoms with Crippen LogP contribution in [0.3, 0.4) is 0 Å². The number of amides is 1. The van der Waals surface area contributed by atoms with Crippen molar-refractivity contribution in [2.75, 3.05) is 0 Å². The Hall–Kier alpha value is -1.57. The minimum atomic E-state index is -0.295. The zero-order valence-electron chi connectivity index (χ0n) is 7.49. The summed E-state index contributed by atoms with van der Waals surface area (Å²) in [7, 11) is 0. The molecule has 2 nitrogen and oxygen atoms in total. The van der Waals surface area contributed by atoms with Gasteiger partial charge in [0.15, 0.2) is 0 Å². The van der Waals surface area contributed by atoms with Gasteiger partial charge in [-0.3, -0.25) is 4.79 Å². The fourth-order valence-corrected chi connectivity index (χ4v) is 1.27. The Bertz CT molecular complexity index is 318. The highest BCUT2D eigenvalue weighted by Gasteiger charge is 2.02. The monoisotopic (exact) mass is 175 g/mol. The molecule has 0 unspecified atom stereocenters. The van der Waals surface area contributed by atoms with E-state index in [4.69, 9.17) is 5.73 Å². The molecule has 0 radical (unpaired) electrons. The Morgan fingerprint density at radius 2 is 2.00 bits per heavy atom. The number of hydrogen-bond donors (Lipinski definition) is 1. The van der Waals surface area contributed by atoms with E-state index >= 15 is 0 Å². The standard InChI is InChI=1S/C11H13NO/c1-2-5-9-6-3-4-7-10(9)8-11(12)13/h2-4,6-7H,1,5,8H2,(H2,12,13). The second-order valence-electron chi connectivity index (χ2n) is 2.90. The molecule has 1 amide bonds. The normalized spacial score (nSPS) is 9.54. The summed E-state index contributed by atoms with van der Waals surface area (Å²) in [6.07, 6.45) is 2.91. The molecule has 0 saturated carbocycles. The first-order chi connectivity index (χ1) is 6.24. The summed E-state index contributed by atoms with van der Waals surface area (Å²) in [4.78, 5) is 10.7. The molecule has 1 aromatic rings. The van der Waals surface area contributed by atoms with Crippen LogP contribution >= 0.6 is 0 Å². The Balaban J connectivity index is 2.90. The van der Waals surface area contributed by atoms with E-state index in [1.807, 2.05) is 30.3 Å². The van der Waals surface area contributed by atoms with Crippen LogP contribution in [0.4, 0.5) is 0 Å². The van der Waals surface area contributed by atoms with Gasteiger partial charge in [-0.15, -0.1) is 6.58 Å². The third-order valence-corrected chi connectivity index (χ3v) is 1.85. The van der Waals surface area contributed by atoms with Crippen LogP contribution in [0, 0.1) is 0 Å². The summed E-state index contributed by atoms with van der Waals surface area (Å²) in [6.45, 7) is 3.66. The Morgan fingerprint density at radius 1 is 1.38 bits per heavy atom. The molecule has 0 aliphatic rings.